The van der Waals surface area contributed by atoms with Crippen molar-refractivity contribution >= 4 is 43.1 Å². The molecule has 0 radical (unpaired) electrons. The molecule has 1 saturated carbocycles. The number of fused-ring (bicyclic) bond motifs is 1. The fourth-order valence-corrected chi connectivity index (χ4v) is 8.36. The third-order valence-corrected chi connectivity index (χ3v) is 11.8. The Labute approximate surface area is 242 Å². The molecule has 0 bridgehead atoms. The number of aliphatic carboxylic acids is 1. The van der Waals surface area contributed by atoms with E-state index < -0.39 is 37.2 Å². The average molecular weight is 606 g/mol. The third-order valence-electron chi connectivity index (χ3n) is 8.40. The van der Waals surface area contributed by atoms with Gasteiger partial charge in [0.2, 0.25) is 10.0 Å². The SMILES string of the molecule is CCCCCCCS(=O)(=O)c1ccc(NC(=O)c2cc(N3CC4C(C3)C4(C)C(=O)O)ccc2S(=O)(=O)NCC)cc1. The smallest absolute Gasteiger partial charge is 0.310 e. The van der Waals surface area contributed by atoms with Crippen LogP contribution in [0.1, 0.15) is 63.2 Å². The highest BCUT2D eigenvalue weighted by molar-refractivity contribution is 7.91. The van der Waals surface area contributed by atoms with Crippen LogP contribution in [0.3, 0.4) is 0 Å². The molecule has 1 heterocycles. The molecule has 10 nitrogen and oxygen atoms in total. The molecule has 0 spiro atoms. The summed E-state index contributed by atoms with van der Waals surface area (Å²) in [5, 5.41) is 12.3. The summed E-state index contributed by atoms with van der Waals surface area (Å²) in [6.45, 7) is 6.64. The summed E-state index contributed by atoms with van der Waals surface area (Å²) in [7, 11) is -7.43. The van der Waals surface area contributed by atoms with Crippen LogP contribution in [-0.4, -0.2) is 59.2 Å². The van der Waals surface area contributed by atoms with Crippen LogP contribution in [0.5, 0.6) is 0 Å². The number of carboxylic acids is 1. The summed E-state index contributed by atoms with van der Waals surface area (Å²) in [4.78, 5) is 27.0. The average Bonchev–Trinajstić information content (AvgIpc) is 3.25. The van der Waals surface area contributed by atoms with Gasteiger partial charge < -0.3 is 15.3 Å². The van der Waals surface area contributed by atoms with Gasteiger partial charge in [-0.3, -0.25) is 9.59 Å². The second-order valence-electron chi connectivity index (χ2n) is 11.1. The van der Waals surface area contributed by atoms with Crippen LogP contribution in [0.15, 0.2) is 52.3 Å². The number of piperidine rings is 1. The van der Waals surface area contributed by atoms with Gasteiger partial charge >= 0.3 is 5.97 Å². The predicted molar refractivity (Wildman–Crippen MR) is 157 cm³/mol. The van der Waals surface area contributed by atoms with Crippen LogP contribution < -0.4 is 14.9 Å². The van der Waals surface area contributed by atoms with E-state index in [4.69, 9.17) is 0 Å². The number of amides is 1. The second-order valence-corrected chi connectivity index (χ2v) is 14.9. The lowest BCUT2D eigenvalue weighted by Gasteiger charge is -2.25. The van der Waals surface area contributed by atoms with Crippen molar-refractivity contribution in [3.8, 4) is 0 Å². The Balaban J connectivity index is 1.51. The molecule has 2 aliphatic rings. The lowest BCUT2D eigenvalue weighted by atomic mass is 10.0. The van der Waals surface area contributed by atoms with Crippen molar-refractivity contribution in [2.24, 2.45) is 17.3 Å². The van der Waals surface area contributed by atoms with Gasteiger partial charge in [0.1, 0.15) is 0 Å². The molecule has 12 heteroatoms. The predicted octanol–water partition coefficient (Wildman–Crippen LogP) is 4.14. The van der Waals surface area contributed by atoms with E-state index in [0.717, 1.165) is 25.7 Å². The van der Waals surface area contributed by atoms with E-state index >= 15 is 0 Å². The number of sulfonamides is 1. The molecule has 4 rings (SSSR count). The summed E-state index contributed by atoms with van der Waals surface area (Å²) in [5.74, 6) is -1.42. The largest absolute Gasteiger partial charge is 0.481 e. The Morgan fingerprint density at radius 1 is 0.951 bits per heavy atom. The molecule has 2 fully saturated rings. The number of carbonyl (C=O) groups is 2. The maximum atomic E-state index is 13.4. The first kappa shape index (κ1) is 31.0. The fraction of sp³-hybridized carbons (Fsp3) is 0.517. The number of carbonyl (C=O) groups excluding carboxylic acids is 1. The molecule has 0 aromatic heterocycles. The number of nitrogens with one attached hydrogen (secondary N) is 2. The molecule has 3 N–H and O–H groups in total. The van der Waals surface area contributed by atoms with E-state index in [0.29, 0.717) is 30.9 Å². The van der Waals surface area contributed by atoms with E-state index in [1.165, 1.54) is 36.4 Å². The summed E-state index contributed by atoms with van der Waals surface area (Å²) < 4.78 is 53.7. The Hall–Kier alpha value is -2.96. The molecule has 1 aliphatic heterocycles. The number of unbranched alkanes of at least 4 members (excludes halogenated alkanes) is 4. The molecular weight excluding hydrogens is 566 g/mol. The zero-order chi connectivity index (χ0) is 30.0. The summed E-state index contributed by atoms with van der Waals surface area (Å²) in [5.41, 5.74) is 0.146. The lowest BCUT2D eigenvalue weighted by Crippen LogP contribution is -2.31. The first-order valence-electron chi connectivity index (χ1n) is 14.1. The molecule has 224 valence electrons. The van der Waals surface area contributed by atoms with Gasteiger partial charge in [0, 0.05) is 31.0 Å². The Kier molecular flexibility index (Phi) is 9.15. The minimum atomic E-state index is -3.98. The third kappa shape index (κ3) is 6.44. The molecule has 2 aromatic rings. The standard InChI is InChI=1S/C29H39N3O7S2/c1-4-6-7-8-9-16-40(36,37)22-13-10-20(11-14-22)31-27(33)23-17-21(12-15-26(23)41(38,39)30-5-2)32-18-24-25(19-32)29(24,3)28(34)35/h10-15,17,24-25,30H,4-9,16,18-19H2,1-3H3,(H,31,33)(H,34,35). The molecular formula is C29H39N3O7S2. The fourth-order valence-electron chi connectivity index (χ4n) is 5.76. The van der Waals surface area contributed by atoms with Crippen LogP contribution >= 0.6 is 0 Å². The number of benzene rings is 2. The molecule has 1 aliphatic carbocycles. The molecule has 2 unspecified atom stereocenters. The van der Waals surface area contributed by atoms with Gasteiger partial charge in [-0.1, -0.05) is 39.5 Å². The zero-order valence-corrected chi connectivity index (χ0v) is 25.4. The quantitative estimate of drug-likeness (QED) is 0.272. The minimum absolute atomic E-state index is 0.00595. The van der Waals surface area contributed by atoms with Gasteiger partial charge in [0.25, 0.3) is 5.91 Å². The lowest BCUT2D eigenvalue weighted by molar-refractivity contribution is -0.143. The van der Waals surface area contributed by atoms with Crippen molar-refractivity contribution in [1.82, 2.24) is 4.72 Å². The highest BCUT2D eigenvalue weighted by Gasteiger charge is 2.69. The van der Waals surface area contributed by atoms with E-state index in [2.05, 4.69) is 17.0 Å². The van der Waals surface area contributed by atoms with Gasteiger partial charge in [-0.2, -0.15) is 0 Å². The number of hydrogen-bond acceptors (Lipinski definition) is 7. The second kappa shape index (κ2) is 12.1. The van der Waals surface area contributed by atoms with Crippen LogP contribution in [0, 0.1) is 17.3 Å². The molecule has 1 saturated heterocycles. The van der Waals surface area contributed by atoms with Crippen molar-refractivity contribution < 1.29 is 31.5 Å². The summed E-state index contributed by atoms with van der Waals surface area (Å²) in [6, 6.07) is 10.4. The number of rotatable bonds is 14. The number of sulfone groups is 1. The van der Waals surface area contributed by atoms with Gasteiger partial charge in [-0.25, -0.2) is 21.6 Å². The number of anilines is 2. The Morgan fingerprint density at radius 3 is 2.17 bits per heavy atom. The highest BCUT2D eigenvalue weighted by atomic mass is 32.2. The number of carboxylic acid groups (broad SMARTS) is 1. The van der Waals surface area contributed by atoms with E-state index in [9.17, 15) is 31.5 Å². The van der Waals surface area contributed by atoms with Crippen molar-refractivity contribution in [3.05, 3.63) is 48.0 Å². The highest BCUT2D eigenvalue weighted by Crippen LogP contribution is 2.62. The Morgan fingerprint density at radius 2 is 1.59 bits per heavy atom. The van der Waals surface area contributed by atoms with Crippen molar-refractivity contribution in [2.45, 2.75) is 62.7 Å². The summed E-state index contributed by atoms with van der Waals surface area (Å²) in [6.07, 6.45) is 4.62. The zero-order valence-electron chi connectivity index (χ0n) is 23.7. The monoisotopic (exact) mass is 605 g/mol. The number of hydrogen-bond donors (Lipinski definition) is 3. The molecule has 1 amide bonds. The van der Waals surface area contributed by atoms with E-state index in [1.807, 2.05) is 4.90 Å². The van der Waals surface area contributed by atoms with Crippen molar-refractivity contribution in [1.29, 1.82) is 0 Å². The van der Waals surface area contributed by atoms with Gasteiger partial charge in [0.05, 0.1) is 26.5 Å². The van der Waals surface area contributed by atoms with E-state index in [-0.39, 0.29) is 39.5 Å². The minimum Gasteiger partial charge on any atom is -0.481 e. The molecule has 2 atom stereocenters. The first-order chi connectivity index (χ1) is 19.3. The topological polar surface area (TPSA) is 150 Å². The number of nitrogens with zero attached hydrogens (tertiary/aromatic N) is 1. The van der Waals surface area contributed by atoms with Crippen LogP contribution in [0.2, 0.25) is 0 Å². The van der Waals surface area contributed by atoms with Crippen LogP contribution in [0.25, 0.3) is 0 Å². The van der Waals surface area contributed by atoms with E-state index in [1.54, 1.807) is 19.9 Å². The van der Waals surface area contributed by atoms with Crippen LogP contribution in [0.4, 0.5) is 11.4 Å². The van der Waals surface area contributed by atoms with Crippen LogP contribution in [-0.2, 0) is 24.7 Å². The first-order valence-corrected chi connectivity index (χ1v) is 17.2. The van der Waals surface area contributed by atoms with Crippen molar-refractivity contribution in [3.63, 3.8) is 0 Å². The van der Waals surface area contributed by atoms with Crippen molar-refractivity contribution in [2.75, 3.05) is 35.6 Å². The van der Waals surface area contributed by atoms with Gasteiger partial charge in [-0.05, 0) is 67.6 Å². The molecule has 2 aromatic carbocycles. The normalized spacial score (nSPS) is 21.9. The summed E-state index contributed by atoms with van der Waals surface area (Å²) >= 11 is 0. The maximum Gasteiger partial charge on any atom is 0.310 e. The van der Waals surface area contributed by atoms with Gasteiger partial charge in [-0.15, -0.1) is 0 Å². The Bertz CT molecular complexity index is 1490. The van der Waals surface area contributed by atoms with Gasteiger partial charge in [0.15, 0.2) is 9.84 Å². The maximum absolute atomic E-state index is 13.4. The molecule has 41 heavy (non-hydrogen) atoms.